The van der Waals surface area contributed by atoms with E-state index in [-0.39, 0.29) is 0 Å². The number of nitrogens with one attached hydrogen (secondary N) is 2. The van der Waals surface area contributed by atoms with E-state index in [1.807, 2.05) is 0 Å². The molecule has 2 aromatic rings. The number of anilines is 1. The molecule has 2 rings (SSSR count). The van der Waals surface area contributed by atoms with Crippen molar-refractivity contribution in [3.8, 4) is 0 Å². The van der Waals surface area contributed by atoms with Crippen molar-refractivity contribution in [2.24, 2.45) is 5.10 Å². The normalized spacial score (nSPS) is 10.6. The second-order valence-electron chi connectivity index (χ2n) is 4.33. The molecule has 0 bridgehead atoms. The van der Waals surface area contributed by atoms with Crippen LogP contribution in [0.5, 0.6) is 0 Å². The summed E-state index contributed by atoms with van der Waals surface area (Å²) < 4.78 is 0. The maximum atomic E-state index is 11.7. The quantitative estimate of drug-likeness (QED) is 0.491. The largest absolute Gasteiger partial charge is 0.329 e. The van der Waals surface area contributed by atoms with Gasteiger partial charge in [0, 0.05) is 21.3 Å². The van der Waals surface area contributed by atoms with Gasteiger partial charge in [0.1, 0.15) is 0 Å². The van der Waals surface area contributed by atoms with Gasteiger partial charge in [0.2, 0.25) is 0 Å². The molecule has 2 amide bonds. The number of nitrogens with zero attached hydrogens (tertiary/aromatic N) is 1. The minimum absolute atomic E-state index is 0.374. The van der Waals surface area contributed by atoms with Crippen molar-refractivity contribution in [2.45, 2.75) is 0 Å². The van der Waals surface area contributed by atoms with Crippen molar-refractivity contribution in [2.75, 3.05) is 5.32 Å². The molecule has 0 saturated carbocycles. The topological polar surface area (TPSA) is 70.6 Å². The maximum Gasteiger partial charge on any atom is 0.329 e. The molecule has 0 aliphatic rings. The number of benzene rings is 2. The minimum Gasteiger partial charge on any atom is -0.318 e. The van der Waals surface area contributed by atoms with Crippen molar-refractivity contribution < 1.29 is 9.59 Å². The Labute approximate surface area is 147 Å². The number of amides is 2. The SMILES string of the molecule is O=C(N/N=C/c1ccc(Cl)cc1Cl)C(=O)Nc1cccc(Cl)c1. The van der Waals surface area contributed by atoms with Crippen LogP contribution in [-0.2, 0) is 9.59 Å². The zero-order valence-electron chi connectivity index (χ0n) is 11.5. The molecule has 0 atom stereocenters. The second-order valence-corrected chi connectivity index (χ2v) is 5.61. The van der Waals surface area contributed by atoms with Gasteiger partial charge in [-0.15, -0.1) is 0 Å². The molecule has 0 fully saturated rings. The highest BCUT2D eigenvalue weighted by Crippen LogP contribution is 2.19. The molecular weight excluding hydrogens is 361 g/mol. The van der Waals surface area contributed by atoms with Gasteiger partial charge in [0.05, 0.1) is 11.2 Å². The number of carbonyl (C=O) groups excluding carboxylic acids is 2. The van der Waals surface area contributed by atoms with E-state index >= 15 is 0 Å². The summed E-state index contributed by atoms with van der Waals surface area (Å²) in [6.07, 6.45) is 1.31. The first-order valence-electron chi connectivity index (χ1n) is 6.31. The molecular formula is C15H10Cl3N3O2. The molecule has 0 radical (unpaired) electrons. The smallest absolute Gasteiger partial charge is 0.318 e. The average Bonchev–Trinajstić information content (AvgIpc) is 2.49. The van der Waals surface area contributed by atoms with E-state index < -0.39 is 11.8 Å². The summed E-state index contributed by atoms with van der Waals surface area (Å²) >= 11 is 17.5. The Bertz CT molecular complexity index is 778. The molecule has 0 heterocycles. The van der Waals surface area contributed by atoms with Crippen LogP contribution in [0.2, 0.25) is 15.1 Å². The molecule has 23 heavy (non-hydrogen) atoms. The first-order valence-corrected chi connectivity index (χ1v) is 7.44. The Morgan fingerprint density at radius 2 is 1.70 bits per heavy atom. The van der Waals surface area contributed by atoms with Crippen LogP contribution in [0, 0.1) is 0 Å². The fourth-order valence-corrected chi connectivity index (χ4v) is 2.22. The van der Waals surface area contributed by atoms with E-state index in [1.54, 1.807) is 30.3 Å². The number of rotatable bonds is 3. The van der Waals surface area contributed by atoms with Crippen LogP contribution in [0.25, 0.3) is 0 Å². The second kappa shape index (κ2) is 7.97. The van der Waals surface area contributed by atoms with Crippen molar-refractivity contribution in [1.29, 1.82) is 0 Å². The summed E-state index contributed by atoms with van der Waals surface area (Å²) in [5, 5.41) is 7.37. The zero-order valence-corrected chi connectivity index (χ0v) is 13.8. The third-order valence-electron chi connectivity index (χ3n) is 2.62. The molecule has 0 aromatic heterocycles. The van der Waals surface area contributed by atoms with Gasteiger partial charge in [-0.1, -0.05) is 46.9 Å². The molecule has 0 saturated heterocycles. The minimum atomic E-state index is -0.925. The Morgan fingerprint density at radius 1 is 0.957 bits per heavy atom. The van der Waals surface area contributed by atoms with E-state index in [4.69, 9.17) is 34.8 Å². The first kappa shape index (κ1) is 17.3. The van der Waals surface area contributed by atoms with Crippen molar-refractivity contribution in [3.63, 3.8) is 0 Å². The van der Waals surface area contributed by atoms with Gasteiger partial charge in [0.15, 0.2) is 0 Å². The highest BCUT2D eigenvalue weighted by atomic mass is 35.5. The van der Waals surface area contributed by atoms with Crippen LogP contribution in [0.3, 0.4) is 0 Å². The fourth-order valence-electron chi connectivity index (χ4n) is 1.57. The molecule has 8 heteroatoms. The number of hydrogen-bond donors (Lipinski definition) is 2. The molecule has 0 spiro atoms. The maximum absolute atomic E-state index is 11.7. The first-order chi connectivity index (χ1) is 11.0. The van der Waals surface area contributed by atoms with E-state index in [0.29, 0.717) is 26.3 Å². The Hall–Kier alpha value is -2.08. The molecule has 0 aliphatic heterocycles. The number of hydrazone groups is 1. The average molecular weight is 371 g/mol. The molecule has 118 valence electrons. The summed E-state index contributed by atoms with van der Waals surface area (Å²) in [5.41, 5.74) is 3.05. The van der Waals surface area contributed by atoms with Gasteiger partial charge in [-0.2, -0.15) is 5.10 Å². The van der Waals surface area contributed by atoms with Gasteiger partial charge in [-0.3, -0.25) is 9.59 Å². The van der Waals surface area contributed by atoms with Crippen LogP contribution < -0.4 is 10.7 Å². The summed E-state index contributed by atoms with van der Waals surface area (Å²) in [6.45, 7) is 0. The highest BCUT2D eigenvalue weighted by molar-refractivity contribution is 6.40. The lowest BCUT2D eigenvalue weighted by Crippen LogP contribution is -2.32. The lowest BCUT2D eigenvalue weighted by Gasteiger charge is -2.04. The number of hydrogen-bond acceptors (Lipinski definition) is 3. The third-order valence-corrected chi connectivity index (χ3v) is 3.42. The lowest BCUT2D eigenvalue weighted by molar-refractivity contribution is -0.136. The molecule has 2 N–H and O–H groups in total. The Kier molecular flexibility index (Phi) is 5.98. The van der Waals surface area contributed by atoms with Gasteiger partial charge in [-0.25, -0.2) is 5.43 Å². The predicted molar refractivity (Wildman–Crippen MR) is 92.3 cm³/mol. The van der Waals surface area contributed by atoms with E-state index in [0.717, 1.165) is 0 Å². The number of halogens is 3. The Balaban J connectivity index is 1.93. The lowest BCUT2D eigenvalue weighted by atomic mass is 10.2. The van der Waals surface area contributed by atoms with Gasteiger partial charge < -0.3 is 5.32 Å². The van der Waals surface area contributed by atoms with Crippen molar-refractivity contribution in [1.82, 2.24) is 5.43 Å². The van der Waals surface area contributed by atoms with Crippen LogP contribution in [-0.4, -0.2) is 18.0 Å². The molecule has 2 aromatic carbocycles. The van der Waals surface area contributed by atoms with E-state index in [2.05, 4.69) is 15.8 Å². The molecule has 5 nitrogen and oxygen atoms in total. The predicted octanol–water partition coefficient (Wildman–Crippen LogP) is 3.74. The molecule has 0 aliphatic carbocycles. The van der Waals surface area contributed by atoms with Crippen LogP contribution in [0.1, 0.15) is 5.56 Å². The fraction of sp³-hybridized carbons (Fsp3) is 0. The standard InChI is InChI=1S/C15H10Cl3N3O2/c16-10-2-1-3-12(6-10)20-14(22)15(23)21-19-8-9-4-5-11(17)7-13(9)18/h1-8H,(H,20,22)(H,21,23)/b19-8+. The summed E-state index contributed by atoms with van der Waals surface area (Å²) in [7, 11) is 0. The van der Waals surface area contributed by atoms with Crippen LogP contribution in [0.4, 0.5) is 5.69 Å². The third kappa shape index (κ3) is 5.25. The van der Waals surface area contributed by atoms with E-state index in [9.17, 15) is 9.59 Å². The van der Waals surface area contributed by atoms with E-state index in [1.165, 1.54) is 18.3 Å². The van der Waals surface area contributed by atoms with Crippen molar-refractivity contribution in [3.05, 3.63) is 63.1 Å². The van der Waals surface area contributed by atoms with Crippen LogP contribution in [0.15, 0.2) is 47.6 Å². The summed E-state index contributed by atoms with van der Waals surface area (Å²) in [6, 6.07) is 11.2. The number of carbonyl (C=O) groups is 2. The van der Waals surface area contributed by atoms with Crippen molar-refractivity contribution >= 4 is 58.5 Å². The van der Waals surface area contributed by atoms with Gasteiger partial charge >= 0.3 is 11.8 Å². The van der Waals surface area contributed by atoms with Gasteiger partial charge in [0.25, 0.3) is 0 Å². The molecule has 0 unspecified atom stereocenters. The summed E-state index contributed by atoms with van der Waals surface area (Å²) in [4.78, 5) is 23.3. The zero-order chi connectivity index (χ0) is 16.8. The van der Waals surface area contributed by atoms with Crippen LogP contribution >= 0.6 is 34.8 Å². The Morgan fingerprint density at radius 3 is 2.39 bits per heavy atom. The summed E-state index contributed by atoms with van der Waals surface area (Å²) in [5.74, 6) is -1.79. The monoisotopic (exact) mass is 369 g/mol. The van der Waals surface area contributed by atoms with Gasteiger partial charge in [-0.05, 0) is 30.3 Å². The highest BCUT2D eigenvalue weighted by Gasteiger charge is 2.12.